The minimum Gasteiger partial charge on any atom is -0.480 e. The van der Waals surface area contributed by atoms with E-state index >= 15 is 0 Å². The molecule has 8 heteroatoms. The fourth-order valence-electron chi connectivity index (χ4n) is 6.32. The number of hydrogen-bond acceptors (Lipinski definition) is 6. The summed E-state index contributed by atoms with van der Waals surface area (Å²) in [4.78, 5) is 19.1. The number of aryl methyl sites for hydroxylation is 2. The van der Waals surface area contributed by atoms with Crippen LogP contribution in [0.2, 0.25) is 0 Å². The smallest absolute Gasteiger partial charge is 0.325 e. The summed E-state index contributed by atoms with van der Waals surface area (Å²) in [6.07, 6.45) is 7.15. The van der Waals surface area contributed by atoms with Crippen LogP contribution in [0.3, 0.4) is 0 Å². The van der Waals surface area contributed by atoms with Crippen LogP contribution < -0.4 is 5.32 Å². The molecular weight excluding hydrogens is 497 g/mol. The zero-order valence-corrected chi connectivity index (χ0v) is 23.3. The van der Waals surface area contributed by atoms with Crippen molar-refractivity contribution in [2.24, 2.45) is 5.41 Å². The number of carboxylic acid groups (broad SMARTS) is 1. The Labute approximate surface area is 231 Å². The van der Waals surface area contributed by atoms with E-state index in [1.54, 1.807) is 6.07 Å². The second-order valence-corrected chi connectivity index (χ2v) is 12.0. The number of anilines is 1. The summed E-state index contributed by atoms with van der Waals surface area (Å²) in [6.45, 7) is 8.24. The van der Waals surface area contributed by atoms with Gasteiger partial charge in [-0.2, -0.15) is 0 Å². The van der Waals surface area contributed by atoms with Gasteiger partial charge in [0.25, 0.3) is 0 Å². The Balaban J connectivity index is 1.10. The van der Waals surface area contributed by atoms with Crippen molar-refractivity contribution in [2.45, 2.75) is 76.9 Å². The van der Waals surface area contributed by atoms with Crippen molar-refractivity contribution in [3.8, 4) is 0 Å². The molecule has 0 bridgehead atoms. The maximum atomic E-state index is 14.4. The van der Waals surface area contributed by atoms with Crippen LogP contribution in [0.5, 0.6) is 0 Å². The van der Waals surface area contributed by atoms with E-state index in [9.17, 15) is 14.3 Å². The van der Waals surface area contributed by atoms with Gasteiger partial charge in [-0.25, -0.2) is 9.37 Å². The van der Waals surface area contributed by atoms with E-state index < -0.39 is 17.8 Å². The Bertz CT molecular complexity index is 1150. The molecule has 39 heavy (non-hydrogen) atoms. The number of carbonyl (C=O) groups is 1. The number of nitrogens with zero attached hydrogens (tertiary/aromatic N) is 2. The van der Waals surface area contributed by atoms with Crippen LogP contribution in [0.1, 0.15) is 80.3 Å². The topological polar surface area (TPSA) is 83.9 Å². The van der Waals surface area contributed by atoms with E-state index in [1.807, 2.05) is 4.90 Å². The van der Waals surface area contributed by atoms with Crippen molar-refractivity contribution in [3.63, 3.8) is 0 Å². The Kier molecular flexibility index (Phi) is 8.84. The van der Waals surface area contributed by atoms with Crippen molar-refractivity contribution >= 4 is 11.8 Å². The molecule has 2 atom stereocenters. The van der Waals surface area contributed by atoms with Crippen molar-refractivity contribution in [1.29, 1.82) is 0 Å². The van der Waals surface area contributed by atoms with Crippen LogP contribution in [-0.4, -0.2) is 66.5 Å². The first kappa shape index (κ1) is 28.0. The molecule has 0 amide bonds. The van der Waals surface area contributed by atoms with Crippen molar-refractivity contribution < 1.29 is 23.8 Å². The molecule has 2 aromatic rings. The Morgan fingerprint density at radius 3 is 2.90 bits per heavy atom. The molecule has 0 radical (unpaired) electrons. The Morgan fingerprint density at radius 2 is 2.10 bits per heavy atom. The molecule has 3 aliphatic rings. The van der Waals surface area contributed by atoms with Gasteiger partial charge in [0.15, 0.2) is 0 Å². The van der Waals surface area contributed by atoms with Gasteiger partial charge in [0.2, 0.25) is 0 Å². The van der Waals surface area contributed by atoms with Crippen LogP contribution in [-0.2, 0) is 27.1 Å². The molecule has 212 valence electrons. The SMILES string of the molecule is CC1(C)COCCC1c1ccc(F)cc1C(C(=O)O)N1CC(OCCCCCc2ccc3c(n2)NCCC3)C1. The highest BCUT2D eigenvalue weighted by Gasteiger charge is 2.42. The quantitative estimate of drug-likeness (QED) is 0.373. The number of likely N-dealkylation sites (tertiary alicyclic amines) is 1. The molecule has 4 heterocycles. The molecule has 0 spiro atoms. The highest BCUT2D eigenvalue weighted by atomic mass is 19.1. The van der Waals surface area contributed by atoms with E-state index in [0.717, 1.165) is 62.1 Å². The van der Waals surface area contributed by atoms with Gasteiger partial charge in [0.1, 0.15) is 17.7 Å². The zero-order chi connectivity index (χ0) is 27.4. The number of ether oxygens (including phenoxy) is 2. The summed E-state index contributed by atoms with van der Waals surface area (Å²) >= 11 is 0. The fraction of sp³-hybridized carbons (Fsp3) is 0.613. The first-order chi connectivity index (χ1) is 18.8. The van der Waals surface area contributed by atoms with Gasteiger partial charge in [0, 0.05) is 38.5 Å². The lowest BCUT2D eigenvalue weighted by Gasteiger charge is -2.44. The fourth-order valence-corrected chi connectivity index (χ4v) is 6.32. The number of aliphatic carboxylic acids is 1. The number of halogens is 1. The van der Waals surface area contributed by atoms with E-state index in [-0.39, 0.29) is 17.4 Å². The lowest BCUT2D eigenvalue weighted by molar-refractivity contribution is -0.151. The van der Waals surface area contributed by atoms with E-state index in [2.05, 4.69) is 31.3 Å². The largest absolute Gasteiger partial charge is 0.480 e. The molecule has 2 saturated heterocycles. The predicted octanol–water partition coefficient (Wildman–Crippen LogP) is 5.35. The number of hydrogen-bond donors (Lipinski definition) is 2. The van der Waals surface area contributed by atoms with Gasteiger partial charge >= 0.3 is 5.97 Å². The van der Waals surface area contributed by atoms with Gasteiger partial charge < -0.3 is 19.9 Å². The maximum absolute atomic E-state index is 14.4. The highest BCUT2D eigenvalue weighted by molar-refractivity contribution is 5.76. The van der Waals surface area contributed by atoms with Gasteiger partial charge in [-0.3, -0.25) is 9.69 Å². The minimum absolute atomic E-state index is 0.0109. The average molecular weight is 540 g/mol. The summed E-state index contributed by atoms with van der Waals surface area (Å²) in [5.41, 5.74) is 3.79. The Morgan fingerprint density at radius 1 is 1.26 bits per heavy atom. The van der Waals surface area contributed by atoms with Crippen molar-refractivity contribution in [3.05, 3.63) is 58.5 Å². The molecule has 7 nitrogen and oxygen atoms in total. The lowest BCUT2D eigenvalue weighted by Crippen LogP contribution is -2.55. The molecule has 1 aromatic heterocycles. The molecule has 2 unspecified atom stereocenters. The molecule has 2 fully saturated rings. The molecular formula is C31H42FN3O4. The zero-order valence-electron chi connectivity index (χ0n) is 23.3. The van der Waals surface area contributed by atoms with Crippen LogP contribution >= 0.6 is 0 Å². The van der Waals surface area contributed by atoms with E-state index in [1.165, 1.54) is 24.1 Å². The second-order valence-electron chi connectivity index (χ2n) is 12.0. The van der Waals surface area contributed by atoms with Crippen LogP contribution in [0, 0.1) is 11.2 Å². The number of pyridine rings is 1. The number of fused-ring (bicyclic) bond motifs is 1. The molecule has 3 aliphatic heterocycles. The first-order valence-corrected chi connectivity index (χ1v) is 14.5. The molecule has 2 N–H and O–H groups in total. The predicted molar refractivity (Wildman–Crippen MR) is 149 cm³/mol. The normalized spacial score (nSPS) is 22.0. The summed E-state index contributed by atoms with van der Waals surface area (Å²) in [7, 11) is 0. The van der Waals surface area contributed by atoms with Crippen molar-refractivity contribution in [1.82, 2.24) is 9.88 Å². The van der Waals surface area contributed by atoms with E-state index in [0.29, 0.717) is 38.5 Å². The van der Waals surface area contributed by atoms with Gasteiger partial charge in [0.05, 0.1) is 12.7 Å². The number of carboxylic acids is 1. The Hall–Kier alpha value is -2.55. The van der Waals surface area contributed by atoms with Gasteiger partial charge in [-0.15, -0.1) is 0 Å². The summed E-state index contributed by atoms with van der Waals surface area (Å²) in [5, 5.41) is 13.6. The van der Waals surface area contributed by atoms with E-state index in [4.69, 9.17) is 14.5 Å². The van der Waals surface area contributed by atoms with Crippen LogP contribution in [0.25, 0.3) is 0 Å². The van der Waals surface area contributed by atoms with Crippen molar-refractivity contribution in [2.75, 3.05) is 44.8 Å². The third-order valence-electron chi connectivity index (χ3n) is 8.55. The molecule has 0 saturated carbocycles. The summed E-state index contributed by atoms with van der Waals surface area (Å²) < 4.78 is 26.1. The van der Waals surface area contributed by atoms with Gasteiger partial charge in [-0.05, 0) is 84.7 Å². The number of unbranched alkanes of at least 4 members (excludes halogenated alkanes) is 2. The first-order valence-electron chi connectivity index (χ1n) is 14.5. The number of nitrogens with one attached hydrogen (secondary N) is 1. The number of rotatable bonds is 11. The maximum Gasteiger partial charge on any atom is 0.325 e. The van der Waals surface area contributed by atoms with Crippen LogP contribution in [0.15, 0.2) is 30.3 Å². The number of aromatic nitrogens is 1. The van der Waals surface area contributed by atoms with Gasteiger partial charge in [-0.1, -0.05) is 32.4 Å². The molecule has 5 rings (SSSR count). The monoisotopic (exact) mass is 539 g/mol. The average Bonchev–Trinajstić information content (AvgIpc) is 2.88. The molecule has 1 aromatic carbocycles. The second kappa shape index (κ2) is 12.3. The minimum atomic E-state index is -0.948. The van der Waals surface area contributed by atoms with Crippen LogP contribution in [0.4, 0.5) is 10.2 Å². The molecule has 0 aliphatic carbocycles. The highest BCUT2D eigenvalue weighted by Crippen LogP contribution is 2.45. The summed E-state index contributed by atoms with van der Waals surface area (Å²) in [5.74, 6) is -0.181. The summed E-state index contributed by atoms with van der Waals surface area (Å²) in [6, 6.07) is 8.12. The standard InChI is InChI=1S/C31H42FN3O4/c1-31(2)20-38-16-13-27(31)25-12-10-22(32)17-26(25)28(30(36)37)35-18-24(19-35)39-15-5-3-4-8-23-11-9-21-7-6-14-33-29(21)34-23/h9-12,17,24,27-28H,3-8,13-16,18-20H2,1-2H3,(H,33,34)(H,36,37). The lowest BCUT2D eigenvalue weighted by atomic mass is 9.70. The number of benzene rings is 1. The third-order valence-corrected chi connectivity index (χ3v) is 8.55. The third kappa shape index (κ3) is 6.61.